The molecular weight excluding hydrogens is 483 g/mol. The Morgan fingerprint density at radius 3 is 2.29 bits per heavy atom. The first-order chi connectivity index (χ1) is 16.4. The second-order valence-corrected chi connectivity index (χ2v) is 7.40. The van der Waals surface area contributed by atoms with Crippen molar-refractivity contribution in [2.45, 2.75) is 19.0 Å². The van der Waals surface area contributed by atoms with Gasteiger partial charge in [-0.3, -0.25) is 9.89 Å². The largest absolute Gasteiger partial charge is 0.489 e. The number of rotatable bonds is 5. The van der Waals surface area contributed by atoms with Crippen molar-refractivity contribution < 1.29 is 40.3 Å². The first kappa shape index (κ1) is 24.0. The molecule has 0 spiro atoms. The van der Waals surface area contributed by atoms with Gasteiger partial charge in [-0.05, 0) is 54.6 Å². The average molecular weight is 497 g/mol. The van der Waals surface area contributed by atoms with E-state index in [2.05, 4.69) is 15.5 Å². The smallest absolute Gasteiger partial charge is 0.416 e. The summed E-state index contributed by atoms with van der Waals surface area (Å²) in [6.07, 6.45) is -9.95. The molecule has 3 aromatic carbocycles. The normalized spacial score (nSPS) is 12.1. The Bertz CT molecular complexity index is 1380. The summed E-state index contributed by atoms with van der Waals surface area (Å²) >= 11 is 0. The highest BCUT2D eigenvalue weighted by atomic mass is 19.4. The minimum atomic E-state index is -5.02. The summed E-state index contributed by atoms with van der Waals surface area (Å²) < 4.78 is 97.1. The summed E-state index contributed by atoms with van der Waals surface area (Å²) in [5.74, 6) is -0.922. The van der Waals surface area contributed by atoms with Crippen LogP contribution >= 0.6 is 0 Å². The zero-order chi connectivity index (χ0) is 25.4. The van der Waals surface area contributed by atoms with Crippen LogP contribution in [0.15, 0.2) is 60.7 Å². The summed E-state index contributed by atoms with van der Waals surface area (Å²) in [7, 11) is 0. The number of H-pyrrole nitrogens is 1. The molecule has 0 bridgehead atoms. The van der Waals surface area contributed by atoms with Crippen LogP contribution < -0.4 is 10.1 Å². The molecule has 0 saturated carbocycles. The lowest BCUT2D eigenvalue weighted by atomic mass is 10.0. The third kappa shape index (κ3) is 5.36. The second-order valence-electron chi connectivity index (χ2n) is 7.40. The number of fused-ring (bicyclic) bond motifs is 1. The summed E-state index contributed by atoms with van der Waals surface area (Å²) in [5.41, 5.74) is -2.73. The molecule has 1 amide bonds. The first-order valence-electron chi connectivity index (χ1n) is 9.87. The highest BCUT2D eigenvalue weighted by molar-refractivity contribution is 6.07. The van der Waals surface area contributed by atoms with Crippen molar-refractivity contribution in [3.63, 3.8) is 0 Å². The van der Waals surface area contributed by atoms with Gasteiger partial charge in [0.05, 0.1) is 16.6 Å². The maximum atomic E-state index is 13.3. The number of carbonyl (C=O) groups excluding carboxylic acids is 1. The van der Waals surface area contributed by atoms with Crippen molar-refractivity contribution in [1.82, 2.24) is 10.2 Å². The number of aromatic nitrogens is 2. The van der Waals surface area contributed by atoms with Gasteiger partial charge in [0.2, 0.25) is 0 Å². The molecule has 5 nitrogen and oxygen atoms in total. The number of ether oxygens (including phenoxy) is 1. The lowest BCUT2D eigenvalue weighted by molar-refractivity contribution is -0.143. The third-order valence-corrected chi connectivity index (χ3v) is 5.01. The summed E-state index contributed by atoms with van der Waals surface area (Å²) in [6, 6.07) is 10.4. The molecule has 0 unspecified atom stereocenters. The van der Waals surface area contributed by atoms with Gasteiger partial charge in [0.25, 0.3) is 5.91 Å². The van der Waals surface area contributed by atoms with E-state index in [0.29, 0.717) is 17.0 Å². The molecular formula is C23H14F7N3O2. The average Bonchev–Trinajstić information content (AvgIpc) is 3.18. The molecule has 0 aliphatic rings. The van der Waals surface area contributed by atoms with Crippen molar-refractivity contribution in [2.75, 3.05) is 5.32 Å². The number of hydrogen-bond donors (Lipinski definition) is 2. The molecule has 35 heavy (non-hydrogen) atoms. The zero-order valence-corrected chi connectivity index (χ0v) is 17.4. The Kier molecular flexibility index (Phi) is 6.14. The van der Waals surface area contributed by atoms with E-state index < -0.39 is 47.4 Å². The van der Waals surface area contributed by atoms with Gasteiger partial charge in [0.1, 0.15) is 18.2 Å². The number of alkyl halides is 6. The van der Waals surface area contributed by atoms with E-state index in [0.717, 1.165) is 18.2 Å². The van der Waals surface area contributed by atoms with Crippen LogP contribution in [0.2, 0.25) is 0 Å². The number of benzene rings is 3. The highest BCUT2D eigenvalue weighted by Gasteiger charge is 2.38. The molecule has 0 saturated heterocycles. The van der Waals surface area contributed by atoms with Crippen LogP contribution in [0.3, 0.4) is 0 Å². The minimum absolute atomic E-state index is 0.0427. The molecule has 1 aromatic heterocycles. The van der Waals surface area contributed by atoms with Crippen molar-refractivity contribution >= 4 is 22.6 Å². The maximum absolute atomic E-state index is 13.3. The van der Waals surface area contributed by atoms with Crippen molar-refractivity contribution in [1.29, 1.82) is 0 Å². The molecule has 4 rings (SSSR count). The topological polar surface area (TPSA) is 67.0 Å². The Balaban J connectivity index is 1.56. The summed E-state index contributed by atoms with van der Waals surface area (Å²) in [6.45, 7) is -0.659. The van der Waals surface area contributed by atoms with E-state index in [9.17, 15) is 35.5 Å². The number of anilines is 1. The van der Waals surface area contributed by atoms with E-state index >= 15 is 0 Å². The van der Waals surface area contributed by atoms with Crippen molar-refractivity contribution in [3.05, 3.63) is 88.7 Å². The van der Waals surface area contributed by atoms with Crippen LogP contribution in [0.1, 0.15) is 27.0 Å². The van der Waals surface area contributed by atoms with Gasteiger partial charge < -0.3 is 10.1 Å². The molecule has 12 heteroatoms. The number of aromatic amines is 1. The number of amides is 1. The molecule has 1 heterocycles. The van der Waals surface area contributed by atoms with Crippen LogP contribution in [0, 0.1) is 5.82 Å². The standard InChI is InChI=1S/C23H14F7N3O2/c24-15-5-2-12(3-6-15)21(34)31-20-17-10-16(7-8-19(17)32-33-20)35-11-13-1-4-14(22(25,26)27)9-18(13)23(28,29)30/h1-10H,11H2,(H2,31,32,33,34). The van der Waals surface area contributed by atoms with Gasteiger partial charge in [0.15, 0.2) is 5.82 Å². The third-order valence-electron chi connectivity index (χ3n) is 5.01. The van der Waals surface area contributed by atoms with Gasteiger partial charge in [-0.15, -0.1) is 0 Å². The Morgan fingerprint density at radius 2 is 1.63 bits per heavy atom. The Hall–Kier alpha value is -4.09. The Labute approximate surface area is 192 Å². The quantitative estimate of drug-likeness (QED) is 0.307. The maximum Gasteiger partial charge on any atom is 0.416 e. The fraction of sp³-hybridized carbons (Fsp3) is 0.130. The van der Waals surface area contributed by atoms with Crippen LogP contribution in [0.4, 0.5) is 36.6 Å². The van der Waals surface area contributed by atoms with Gasteiger partial charge in [0, 0.05) is 16.5 Å². The number of carbonyl (C=O) groups is 1. The van der Waals surface area contributed by atoms with Crippen molar-refractivity contribution in [3.8, 4) is 5.75 Å². The molecule has 2 N–H and O–H groups in total. The summed E-state index contributed by atoms with van der Waals surface area (Å²) in [5, 5.41) is 9.54. The van der Waals surface area contributed by atoms with Crippen LogP contribution in [0.25, 0.3) is 10.9 Å². The first-order valence-corrected chi connectivity index (χ1v) is 9.87. The predicted octanol–water partition coefficient (Wildman–Crippen LogP) is 6.57. The van der Waals surface area contributed by atoms with E-state index in [4.69, 9.17) is 4.74 Å². The SMILES string of the molecule is O=C(Nc1n[nH]c2ccc(OCc3ccc(C(F)(F)F)cc3C(F)(F)F)cc12)c1ccc(F)cc1. The molecule has 0 aliphatic heterocycles. The lowest BCUT2D eigenvalue weighted by Crippen LogP contribution is -2.14. The van der Waals surface area contributed by atoms with Crippen LogP contribution in [0.5, 0.6) is 5.75 Å². The molecule has 0 radical (unpaired) electrons. The van der Waals surface area contributed by atoms with E-state index in [1.165, 1.54) is 30.3 Å². The Morgan fingerprint density at radius 1 is 0.914 bits per heavy atom. The highest BCUT2D eigenvalue weighted by Crippen LogP contribution is 2.38. The number of halogens is 7. The van der Waals surface area contributed by atoms with Gasteiger partial charge in [-0.2, -0.15) is 31.4 Å². The van der Waals surface area contributed by atoms with Gasteiger partial charge >= 0.3 is 12.4 Å². The molecule has 4 aromatic rings. The number of nitrogens with zero attached hydrogens (tertiary/aromatic N) is 1. The molecule has 0 fully saturated rings. The molecule has 182 valence electrons. The van der Waals surface area contributed by atoms with Crippen LogP contribution in [-0.2, 0) is 19.0 Å². The van der Waals surface area contributed by atoms with Gasteiger partial charge in [-0.25, -0.2) is 4.39 Å². The van der Waals surface area contributed by atoms with Crippen LogP contribution in [-0.4, -0.2) is 16.1 Å². The number of nitrogens with one attached hydrogen (secondary N) is 2. The molecule has 0 atom stereocenters. The summed E-state index contributed by atoms with van der Waals surface area (Å²) in [4.78, 5) is 12.4. The lowest BCUT2D eigenvalue weighted by Gasteiger charge is -2.16. The van der Waals surface area contributed by atoms with E-state index in [-0.39, 0.29) is 23.2 Å². The predicted molar refractivity (Wildman–Crippen MR) is 111 cm³/mol. The van der Waals surface area contributed by atoms with E-state index in [1.54, 1.807) is 0 Å². The van der Waals surface area contributed by atoms with Crippen molar-refractivity contribution in [2.24, 2.45) is 0 Å². The van der Waals surface area contributed by atoms with E-state index in [1.807, 2.05) is 0 Å². The number of hydrogen-bond acceptors (Lipinski definition) is 3. The fourth-order valence-corrected chi connectivity index (χ4v) is 3.26. The zero-order valence-electron chi connectivity index (χ0n) is 17.4. The second kappa shape index (κ2) is 8.93. The van der Waals surface area contributed by atoms with Gasteiger partial charge in [-0.1, -0.05) is 6.07 Å². The fourth-order valence-electron chi connectivity index (χ4n) is 3.26. The minimum Gasteiger partial charge on any atom is -0.489 e. The molecule has 0 aliphatic carbocycles. The monoisotopic (exact) mass is 497 g/mol.